The number of hydrogen-bond donors (Lipinski definition) is 1. The van der Waals surface area contributed by atoms with E-state index in [2.05, 4.69) is 68.1 Å². The van der Waals surface area contributed by atoms with Gasteiger partial charge in [0, 0.05) is 30.2 Å². The van der Waals surface area contributed by atoms with Crippen LogP contribution < -0.4 is 10.6 Å². The normalized spacial score (nSPS) is 12.8. The number of anilines is 1. The predicted molar refractivity (Wildman–Crippen MR) is 89.3 cm³/mol. The fourth-order valence-corrected chi connectivity index (χ4v) is 2.98. The molecule has 0 bridgehead atoms. The van der Waals surface area contributed by atoms with E-state index in [9.17, 15) is 0 Å². The van der Waals surface area contributed by atoms with E-state index in [-0.39, 0.29) is 0 Å². The van der Waals surface area contributed by atoms with Crippen LogP contribution in [-0.2, 0) is 0 Å². The number of rotatable bonds is 6. The molecule has 20 heavy (non-hydrogen) atoms. The van der Waals surface area contributed by atoms with E-state index in [4.69, 9.17) is 5.73 Å². The highest BCUT2D eigenvalue weighted by Gasteiger charge is 2.18. The molecule has 2 heteroatoms. The van der Waals surface area contributed by atoms with E-state index < -0.39 is 0 Å². The summed E-state index contributed by atoms with van der Waals surface area (Å²) < 4.78 is 0. The van der Waals surface area contributed by atoms with E-state index in [0.717, 1.165) is 13.0 Å². The zero-order valence-electron chi connectivity index (χ0n) is 12.8. The maximum absolute atomic E-state index is 6.04. The largest absolute Gasteiger partial charge is 0.367 e. The molecule has 108 valence electrons. The summed E-state index contributed by atoms with van der Waals surface area (Å²) in [5.74, 6) is 0.660. The number of hydrogen-bond acceptors (Lipinski definition) is 2. The van der Waals surface area contributed by atoms with Gasteiger partial charge in [0.2, 0.25) is 0 Å². The Hall–Kier alpha value is -1.54. The van der Waals surface area contributed by atoms with Crippen LogP contribution in [0.25, 0.3) is 10.8 Å². The van der Waals surface area contributed by atoms with Crippen molar-refractivity contribution in [3.63, 3.8) is 0 Å². The first-order chi connectivity index (χ1) is 9.67. The summed E-state index contributed by atoms with van der Waals surface area (Å²) in [6, 6.07) is 15.5. The Kier molecular flexibility index (Phi) is 5.02. The monoisotopic (exact) mass is 270 g/mol. The van der Waals surface area contributed by atoms with Crippen molar-refractivity contribution < 1.29 is 0 Å². The third-order valence-electron chi connectivity index (χ3n) is 3.87. The van der Waals surface area contributed by atoms with Gasteiger partial charge < -0.3 is 10.6 Å². The topological polar surface area (TPSA) is 29.3 Å². The lowest BCUT2D eigenvalue weighted by atomic mass is 10.0. The number of benzene rings is 2. The molecule has 0 aromatic heterocycles. The molecule has 2 rings (SSSR count). The van der Waals surface area contributed by atoms with Gasteiger partial charge >= 0.3 is 0 Å². The van der Waals surface area contributed by atoms with Crippen molar-refractivity contribution >= 4 is 16.5 Å². The Labute approximate surface area is 122 Å². The van der Waals surface area contributed by atoms with Gasteiger partial charge in [0.05, 0.1) is 0 Å². The molecule has 0 spiro atoms. The van der Waals surface area contributed by atoms with Crippen molar-refractivity contribution in [2.45, 2.75) is 33.2 Å². The maximum Gasteiger partial charge on any atom is 0.0448 e. The zero-order chi connectivity index (χ0) is 14.5. The van der Waals surface area contributed by atoms with Gasteiger partial charge in [0.25, 0.3) is 0 Å². The minimum atomic E-state index is 0.408. The van der Waals surface area contributed by atoms with Gasteiger partial charge in [-0.15, -0.1) is 0 Å². The zero-order valence-corrected chi connectivity index (χ0v) is 12.8. The van der Waals surface area contributed by atoms with Gasteiger partial charge in [-0.25, -0.2) is 0 Å². The number of nitrogens with zero attached hydrogens (tertiary/aromatic N) is 1. The lowest BCUT2D eigenvalue weighted by Crippen LogP contribution is -2.41. The van der Waals surface area contributed by atoms with Crippen molar-refractivity contribution in [1.82, 2.24) is 0 Å². The Morgan fingerprint density at radius 2 is 1.75 bits per heavy atom. The molecule has 0 amide bonds. The molecule has 0 saturated carbocycles. The van der Waals surface area contributed by atoms with E-state index in [0.29, 0.717) is 18.5 Å². The molecule has 0 saturated heterocycles. The van der Waals surface area contributed by atoms with E-state index in [1.165, 1.54) is 16.5 Å². The summed E-state index contributed by atoms with van der Waals surface area (Å²) in [4.78, 5) is 2.46. The Balaban J connectivity index is 2.43. The van der Waals surface area contributed by atoms with Crippen LogP contribution in [0.1, 0.15) is 27.2 Å². The molecule has 0 fully saturated rings. The van der Waals surface area contributed by atoms with Crippen LogP contribution in [0.5, 0.6) is 0 Å². The first-order valence-electron chi connectivity index (χ1n) is 7.61. The van der Waals surface area contributed by atoms with Gasteiger partial charge in [-0.3, -0.25) is 0 Å². The molecule has 2 aromatic carbocycles. The second-order valence-corrected chi connectivity index (χ2v) is 5.80. The number of likely N-dealkylation sites (N-methyl/N-ethyl adjacent to an activating group) is 1. The minimum absolute atomic E-state index is 0.408. The highest BCUT2D eigenvalue weighted by atomic mass is 15.2. The Morgan fingerprint density at radius 3 is 2.40 bits per heavy atom. The van der Waals surface area contributed by atoms with E-state index in [1.807, 2.05) is 0 Å². The quantitative estimate of drug-likeness (QED) is 0.858. The van der Waals surface area contributed by atoms with Gasteiger partial charge in [0.1, 0.15) is 0 Å². The summed E-state index contributed by atoms with van der Waals surface area (Å²) in [6.07, 6.45) is 1.13. The summed E-state index contributed by atoms with van der Waals surface area (Å²) >= 11 is 0. The van der Waals surface area contributed by atoms with E-state index >= 15 is 0 Å². The first-order valence-corrected chi connectivity index (χ1v) is 7.61. The third-order valence-corrected chi connectivity index (χ3v) is 3.87. The van der Waals surface area contributed by atoms with Crippen molar-refractivity contribution in [3.8, 4) is 0 Å². The van der Waals surface area contributed by atoms with Gasteiger partial charge in [-0.2, -0.15) is 0 Å². The van der Waals surface area contributed by atoms with Crippen LogP contribution >= 0.6 is 0 Å². The van der Waals surface area contributed by atoms with Crippen molar-refractivity contribution in [2.24, 2.45) is 11.7 Å². The van der Waals surface area contributed by atoms with Crippen molar-refractivity contribution in [3.05, 3.63) is 42.5 Å². The molecule has 2 nitrogen and oxygen atoms in total. The fourth-order valence-electron chi connectivity index (χ4n) is 2.98. The summed E-state index contributed by atoms with van der Waals surface area (Å²) in [6.45, 7) is 8.43. The fraction of sp³-hybridized carbons (Fsp3) is 0.444. The average molecular weight is 270 g/mol. The molecular weight excluding hydrogens is 244 g/mol. The first kappa shape index (κ1) is 14.9. The second-order valence-electron chi connectivity index (χ2n) is 5.80. The van der Waals surface area contributed by atoms with Gasteiger partial charge in [0.15, 0.2) is 0 Å². The SMILES string of the molecule is CCN(c1cccc2ccccc12)C(CN)CC(C)C. The van der Waals surface area contributed by atoms with Crippen LogP contribution in [0.2, 0.25) is 0 Å². The molecule has 2 aromatic rings. The molecule has 2 N–H and O–H groups in total. The Bertz CT molecular complexity index is 543. The average Bonchev–Trinajstić information content (AvgIpc) is 2.46. The standard InChI is InChI=1S/C18H26N2/c1-4-20(16(13-19)12-14(2)3)18-11-7-9-15-8-5-6-10-17(15)18/h5-11,14,16H,4,12-13,19H2,1-3H3. The summed E-state index contributed by atoms with van der Waals surface area (Å²) in [7, 11) is 0. The molecule has 0 heterocycles. The molecule has 1 atom stereocenters. The maximum atomic E-state index is 6.04. The highest BCUT2D eigenvalue weighted by molar-refractivity contribution is 5.94. The summed E-state index contributed by atoms with van der Waals surface area (Å²) in [5.41, 5.74) is 7.34. The van der Waals surface area contributed by atoms with Crippen LogP contribution in [0, 0.1) is 5.92 Å². The van der Waals surface area contributed by atoms with Crippen molar-refractivity contribution in [1.29, 1.82) is 0 Å². The molecule has 0 aliphatic carbocycles. The van der Waals surface area contributed by atoms with Gasteiger partial charge in [-0.05, 0) is 30.7 Å². The highest BCUT2D eigenvalue weighted by Crippen LogP contribution is 2.29. The van der Waals surface area contributed by atoms with Crippen LogP contribution in [0.4, 0.5) is 5.69 Å². The van der Waals surface area contributed by atoms with E-state index in [1.54, 1.807) is 0 Å². The molecule has 0 radical (unpaired) electrons. The molecule has 0 aliphatic rings. The van der Waals surface area contributed by atoms with Crippen molar-refractivity contribution in [2.75, 3.05) is 18.0 Å². The lowest BCUT2D eigenvalue weighted by Gasteiger charge is -2.34. The van der Waals surface area contributed by atoms with Crippen LogP contribution in [0.15, 0.2) is 42.5 Å². The van der Waals surface area contributed by atoms with Crippen LogP contribution in [0.3, 0.4) is 0 Å². The van der Waals surface area contributed by atoms with Crippen LogP contribution in [-0.4, -0.2) is 19.1 Å². The number of nitrogens with two attached hydrogens (primary N) is 1. The predicted octanol–water partition coefficient (Wildman–Crippen LogP) is 4.04. The summed E-state index contributed by atoms with van der Waals surface area (Å²) in [5, 5.41) is 2.61. The van der Waals surface area contributed by atoms with Gasteiger partial charge in [-0.1, -0.05) is 50.2 Å². The number of fused-ring (bicyclic) bond motifs is 1. The smallest absolute Gasteiger partial charge is 0.0448 e. The Morgan fingerprint density at radius 1 is 1.05 bits per heavy atom. The second kappa shape index (κ2) is 6.76. The molecule has 0 aliphatic heterocycles. The minimum Gasteiger partial charge on any atom is -0.367 e. The third kappa shape index (κ3) is 3.13. The molecular formula is C18H26N2. The lowest BCUT2D eigenvalue weighted by molar-refractivity contribution is 0.474. The molecule has 1 unspecified atom stereocenters.